The first-order valence-electron chi connectivity index (χ1n) is 5.56. The summed E-state index contributed by atoms with van der Waals surface area (Å²) in [7, 11) is 5.48. The predicted octanol–water partition coefficient (Wildman–Crippen LogP) is -0.454. The Bertz CT molecular complexity index is 329. The lowest BCUT2D eigenvalue weighted by molar-refractivity contribution is 0.0136. The SMILES string of the molecule is CNCCC(O)C(O)c1cnc(N(C)C)nc1. The van der Waals surface area contributed by atoms with Crippen LogP contribution in [0.3, 0.4) is 0 Å². The lowest BCUT2D eigenvalue weighted by Gasteiger charge is -2.18. The summed E-state index contributed by atoms with van der Waals surface area (Å²) >= 11 is 0. The fraction of sp³-hybridized carbons (Fsp3) is 0.636. The summed E-state index contributed by atoms with van der Waals surface area (Å²) in [6.07, 6.45) is 1.80. The Labute approximate surface area is 101 Å². The Morgan fingerprint density at radius 3 is 2.35 bits per heavy atom. The molecular formula is C11H20N4O2. The molecule has 17 heavy (non-hydrogen) atoms. The topological polar surface area (TPSA) is 81.5 Å². The van der Waals surface area contributed by atoms with E-state index in [4.69, 9.17) is 0 Å². The van der Waals surface area contributed by atoms with E-state index in [1.54, 1.807) is 11.9 Å². The van der Waals surface area contributed by atoms with Crippen LogP contribution in [-0.2, 0) is 0 Å². The van der Waals surface area contributed by atoms with E-state index in [0.29, 0.717) is 24.5 Å². The van der Waals surface area contributed by atoms with Crippen molar-refractivity contribution in [3.8, 4) is 0 Å². The minimum atomic E-state index is -0.945. The predicted molar refractivity (Wildman–Crippen MR) is 65.9 cm³/mol. The first-order valence-corrected chi connectivity index (χ1v) is 5.56. The van der Waals surface area contributed by atoms with Crippen LogP contribution in [-0.4, -0.2) is 54.0 Å². The second-order valence-corrected chi connectivity index (χ2v) is 4.12. The van der Waals surface area contributed by atoms with Gasteiger partial charge in [0.1, 0.15) is 6.10 Å². The third-order valence-corrected chi connectivity index (χ3v) is 2.45. The number of hydrogen-bond acceptors (Lipinski definition) is 6. The van der Waals surface area contributed by atoms with Gasteiger partial charge >= 0.3 is 0 Å². The number of aromatic nitrogens is 2. The monoisotopic (exact) mass is 240 g/mol. The fourth-order valence-electron chi connectivity index (χ4n) is 1.39. The normalized spacial score (nSPS) is 14.4. The number of aliphatic hydroxyl groups excluding tert-OH is 2. The van der Waals surface area contributed by atoms with E-state index in [1.807, 2.05) is 14.1 Å². The second kappa shape index (κ2) is 6.48. The Hall–Kier alpha value is -1.24. The highest BCUT2D eigenvalue weighted by molar-refractivity contribution is 5.27. The summed E-state index contributed by atoms with van der Waals surface area (Å²) in [5.74, 6) is 0.575. The number of nitrogens with one attached hydrogen (secondary N) is 1. The molecule has 1 aromatic rings. The quantitative estimate of drug-likeness (QED) is 0.624. The fourth-order valence-corrected chi connectivity index (χ4v) is 1.39. The van der Waals surface area contributed by atoms with E-state index in [9.17, 15) is 10.2 Å². The highest BCUT2D eigenvalue weighted by Crippen LogP contribution is 2.18. The van der Waals surface area contributed by atoms with Crippen molar-refractivity contribution < 1.29 is 10.2 Å². The largest absolute Gasteiger partial charge is 0.390 e. The molecule has 0 fully saturated rings. The molecule has 2 unspecified atom stereocenters. The van der Waals surface area contributed by atoms with Gasteiger partial charge < -0.3 is 20.4 Å². The maximum atomic E-state index is 9.87. The lowest BCUT2D eigenvalue weighted by Crippen LogP contribution is -2.23. The van der Waals surface area contributed by atoms with Crippen molar-refractivity contribution in [2.45, 2.75) is 18.6 Å². The van der Waals surface area contributed by atoms with Gasteiger partial charge in [0, 0.05) is 32.1 Å². The molecule has 96 valence electrons. The molecule has 6 nitrogen and oxygen atoms in total. The van der Waals surface area contributed by atoms with Crippen molar-refractivity contribution in [1.82, 2.24) is 15.3 Å². The Morgan fingerprint density at radius 2 is 1.88 bits per heavy atom. The highest BCUT2D eigenvalue weighted by Gasteiger charge is 2.18. The zero-order chi connectivity index (χ0) is 12.8. The standard InChI is InChI=1S/C11H20N4O2/c1-12-5-4-9(16)10(17)8-6-13-11(14-7-8)15(2)3/h6-7,9-10,12,16-17H,4-5H2,1-3H3. The molecule has 2 atom stereocenters. The average molecular weight is 240 g/mol. The van der Waals surface area contributed by atoms with Gasteiger partial charge in [-0.25, -0.2) is 9.97 Å². The molecule has 1 aromatic heterocycles. The summed E-state index contributed by atoms with van der Waals surface area (Å²) < 4.78 is 0. The van der Waals surface area contributed by atoms with Gasteiger partial charge in [-0.2, -0.15) is 0 Å². The molecule has 1 heterocycles. The molecule has 1 rings (SSSR count). The van der Waals surface area contributed by atoms with Gasteiger partial charge in [0.2, 0.25) is 5.95 Å². The molecule has 0 aliphatic rings. The lowest BCUT2D eigenvalue weighted by atomic mass is 10.1. The second-order valence-electron chi connectivity index (χ2n) is 4.12. The van der Waals surface area contributed by atoms with Crippen molar-refractivity contribution in [3.63, 3.8) is 0 Å². The molecule has 0 aliphatic heterocycles. The van der Waals surface area contributed by atoms with Crippen molar-refractivity contribution in [2.75, 3.05) is 32.6 Å². The maximum Gasteiger partial charge on any atom is 0.224 e. The third-order valence-electron chi connectivity index (χ3n) is 2.45. The zero-order valence-electron chi connectivity index (χ0n) is 10.5. The first kappa shape index (κ1) is 13.8. The van der Waals surface area contributed by atoms with E-state index in [0.717, 1.165) is 0 Å². The summed E-state index contributed by atoms with van der Waals surface area (Å²) in [4.78, 5) is 9.95. The minimum Gasteiger partial charge on any atom is -0.390 e. The van der Waals surface area contributed by atoms with Crippen molar-refractivity contribution in [3.05, 3.63) is 18.0 Å². The molecule has 0 saturated heterocycles. The molecule has 6 heteroatoms. The van der Waals surface area contributed by atoms with Crippen LogP contribution in [0.4, 0.5) is 5.95 Å². The van der Waals surface area contributed by atoms with Gasteiger partial charge in [-0.1, -0.05) is 0 Å². The molecule has 0 bridgehead atoms. The highest BCUT2D eigenvalue weighted by atomic mass is 16.3. The number of anilines is 1. The summed E-state index contributed by atoms with van der Waals surface area (Å²) in [6.45, 7) is 0.648. The van der Waals surface area contributed by atoms with Crippen molar-refractivity contribution in [2.24, 2.45) is 0 Å². The van der Waals surface area contributed by atoms with Crippen molar-refractivity contribution >= 4 is 5.95 Å². The van der Waals surface area contributed by atoms with Gasteiger partial charge in [-0.3, -0.25) is 0 Å². The molecule has 0 aliphatic carbocycles. The first-order chi connectivity index (χ1) is 8.06. The smallest absolute Gasteiger partial charge is 0.224 e. The van der Waals surface area contributed by atoms with Crippen LogP contribution in [0.5, 0.6) is 0 Å². The molecule has 0 spiro atoms. The average Bonchev–Trinajstić information content (AvgIpc) is 2.35. The van der Waals surface area contributed by atoms with Crippen LogP contribution < -0.4 is 10.2 Å². The summed E-state index contributed by atoms with van der Waals surface area (Å²) in [5.41, 5.74) is 0.527. The van der Waals surface area contributed by atoms with Crippen LogP contribution >= 0.6 is 0 Å². The van der Waals surface area contributed by atoms with Gasteiger partial charge in [0.05, 0.1) is 6.10 Å². The molecule has 3 N–H and O–H groups in total. The van der Waals surface area contributed by atoms with E-state index in [1.165, 1.54) is 12.4 Å². The Balaban J connectivity index is 2.65. The Kier molecular flexibility index (Phi) is 5.27. The van der Waals surface area contributed by atoms with Crippen LogP contribution in [0.25, 0.3) is 0 Å². The molecule has 0 radical (unpaired) electrons. The van der Waals surface area contributed by atoms with Crippen LogP contribution in [0.2, 0.25) is 0 Å². The third kappa shape index (κ3) is 3.92. The maximum absolute atomic E-state index is 9.87. The van der Waals surface area contributed by atoms with Crippen LogP contribution in [0.15, 0.2) is 12.4 Å². The van der Waals surface area contributed by atoms with E-state index >= 15 is 0 Å². The van der Waals surface area contributed by atoms with Crippen LogP contribution in [0, 0.1) is 0 Å². The molecule has 0 amide bonds. The van der Waals surface area contributed by atoms with Gasteiger partial charge in [0.25, 0.3) is 0 Å². The van der Waals surface area contributed by atoms with E-state index < -0.39 is 12.2 Å². The zero-order valence-corrected chi connectivity index (χ0v) is 10.5. The number of aliphatic hydroxyl groups is 2. The van der Waals surface area contributed by atoms with Gasteiger partial charge in [-0.05, 0) is 20.0 Å². The van der Waals surface area contributed by atoms with Crippen molar-refractivity contribution in [1.29, 1.82) is 0 Å². The van der Waals surface area contributed by atoms with Crippen LogP contribution in [0.1, 0.15) is 18.1 Å². The minimum absolute atomic E-state index is 0.479. The molecular weight excluding hydrogens is 220 g/mol. The summed E-state index contributed by atoms with van der Waals surface area (Å²) in [6, 6.07) is 0. The number of rotatable bonds is 6. The molecule has 0 saturated carbocycles. The van der Waals surface area contributed by atoms with E-state index in [2.05, 4.69) is 15.3 Å². The Morgan fingerprint density at radius 1 is 1.29 bits per heavy atom. The van der Waals surface area contributed by atoms with Gasteiger partial charge in [-0.15, -0.1) is 0 Å². The number of nitrogens with zero attached hydrogens (tertiary/aromatic N) is 3. The number of hydrogen-bond donors (Lipinski definition) is 3. The summed E-state index contributed by atoms with van der Waals surface area (Å²) in [5, 5.41) is 22.5. The molecule has 0 aromatic carbocycles. The van der Waals surface area contributed by atoms with E-state index in [-0.39, 0.29) is 0 Å². The van der Waals surface area contributed by atoms with Gasteiger partial charge in [0.15, 0.2) is 0 Å².